The molecule has 0 radical (unpaired) electrons. The molecular formula is C16H19F3N4O2. The van der Waals surface area contributed by atoms with E-state index in [1.807, 2.05) is 0 Å². The molecule has 9 heteroatoms. The number of nitrogens with zero attached hydrogens (tertiary/aromatic N) is 2. The fraction of sp³-hybridized carbons (Fsp3) is 0.500. The third-order valence-corrected chi connectivity index (χ3v) is 3.80. The molecule has 3 rings (SSSR count). The summed E-state index contributed by atoms with van der Waals surface area (Å²) in [6.07, 6.45) is -3.36. The van der Waals surface area contributed by atoms with Crippen LogP contribution in [0.1, 0.15) is 55.5 Å². The Bertz CT molecular complexity index is 759. The summed E-state index contributed by atoms with van der Waals surface area (Å²) in [6.45, 7) is 5.35. The van der Waals surface area contributed by atoms with Gasteiger partial charge in [0.25, 0.3) is 5.91 Å². The van der Waals surface area contributed by atoms with Gasteiger partial charge in [-0.1, -0.05) is 0 Å². The second-order valence-corrected chi connectivity index (χ2v) is 7.07. The molecular weight excluding hydrogens is 337 g/mol. The maximum absolute atomic E-state index is 13.5. The van der Waals surface area contributed by atoms with Gasteiger partial charge in [-0.05, 0) is 32.9 Å². The summed E-state index contributed by atoms with van der Waals surface area (Å²) < 4.78 is 46.6. The zero-order valence-corrected chi connectivity index (χ0v) is 14.0. The van der Waals surface area contributed by atoms with Crippen LogP contribution in [0.3, 0.4) is 0 Å². The molecule has 25 heavy (non-hydrogen) atoms. The van der Waals surface area contributed by atoms with Gasteiger partial charge < -0.3 is 15.1 Å². The summed E-state index contributed by atoms with van der Waals surface area (Å²) in [5, 5.41) is 9.55. The van der Waals surface area contributed by atoms with Gasteiger partial charge in [0.15, 0.2) is 11.7 Å². The molecule has 1 amide bonds. The van der Waals surface area contributed by atoms with Gasteiger partial charge in [-0.15, -0.1) is 0 Å². The van der Waals surface area contributed by atoms with Crippen LogP contribution in [-0.2, 0) is 0 Å². The Balaban J connectivity index is 1.95. The van der Waals surface area contributed by atoms with Gasteiger partial charge >= 0.3 is 6.18 Å². The minimum absolute atomic E-state index is 0.0632. The minimum atomic E-state index is -4.49. The Morgan fingerprint density at radius 2 is 2.12 bits per heavy atom. The maximum atomic E-state index is 13.5. The van der Waals surface area contributed by atoms with Crippen molar-refractivity contribution in [3.05, 3.63) is 35.9 Å². The lowest BCUT2D eigenvalue weighted by Gasteiger charge is -2.32. The highest BCUT2D eigenvalue weighted by molar-refractivity contribution is 5.93. The number of carbonyl (C=O) groups is 1. The monoisotopic (exact) mass is 356 g/mol. The van der Waals surface area contributed by atoms with E-state index in [1.54, 1.807) is 32.9 Å². The number of hydrogen-bond donors (Lipinski definition) is 2. The van der Waals surface area contributed by atoms with E-state index in [0.717, 1.165) is 4.68 Å². The van der Waals surface area contributed by atoms with Crippen LogP contribution in [0.5, 0.6) is 0 Å². The highest BCUT2D eigenvalue weighted by atomic mass is 19.4. The first-order valence-corrected chi connectivity index (χ1v) is 7.83. The number of alkyl halides is 3. The molecule has 0 fully saturated rings. The highest BCUT2D eigenvalue weighted by Crippen LogP contribution is 2.43. The van der Waals surface area contributed by atoms with Crippen molar-refractivity contribution in [2.75, 3.05) is 5.32 Å². The predicted octanol–water partition coefficient (Wildman–Crippen LogP) is 3.66. The standard InChI is InChI=1S/C16H19F3N4O2/c1-15(2,3)21-14(24)10-8-13-20-9(11-5-4-6-25-11)7-12(16(17,18)19)23(13)22-10/h4-6,8-9,12,20H,7H2,1-3H3,(H,21,24)/t9-,12+/m0/s1. The van der Waals surface area contributed by atoms with Crippen LogP contribution in [0.25, 0.3) is 0 Å². The zero-order valence-electron chi connectivity index (χ0n) is 14.0. The van der Waals surface area contributed by atoms with Gasteiger partial charge in [-0.2, -0.15) is 18.3 Å². The lowest BCUT2D eigenvalue weighted by Crippen LogP contribution is -2.41. The first kappa shape index (κ1) is 17.4. The molecule has 0 aromatic carbocycles. The first-order chi connectivity index (χ1) is 11.5. The smallest absolute Gasteiger partial charge is 0.410 e. The topological polar surface area (TPSA) is 72.1 Å². The normalized spacial score (nSPS) is 20.7. The molecule has 0 saturated carbocycles. The Morgan fingerprint density at radius 1 is 1.40 bits per heavy atom. The molecule has 0 saturated heterocycles. The number of amides is 1. The quantitative estimate of drug-likeness (QED) is 0.861. The third kappa shape index (κ3) is 3.64. The Morgan fingerprint density at radius 3 is 2.68 bits per heavy atom. The fourth-order valence-electron chi connectivity index (χ4n) is 2.77. The molecule has 1 aliphatic rings. The highest BCUT2D eigenvalue weighted by Gasteiger charge is 2.47. The third-order valence-electron chi connectivity index (χ3n) is 3.80. The molecule has 0 spiro atoms. The number of hydrogen-bond acceptors (Lipinski definition) is 4. The van der Waals surface area contributed by atoms with E-state index in [4.69, 9.17) is 4.42 Å². The van der Waals surface area contributed by atoms with E-state index < -0.39 is 29.7 Å². The Kier molecular flexibility index (Phi) is 4.04. The molecule has 6 nitrogen and oxygen atoms in total. The molecule has 2 atom stereocenters. The lowest BCUT2D eigenvalue weighted by molar-refractivity contribution is -0.174. The molecule has 2 aromatic rings. The fourth-order valence-corrected chi connectivity index (χ4v) is 2.77. The molecule has 3 heterocycles. The summed E-state index contributed by atoms with van der Waals surface area (Å²) in [5.74, 6) is 0.0168. The van der Waals surface area contributed by atoms with Gasteiger partial charge in [0.1, 0.15) is 11.6 Å². The van der Waals surface area contributed by atoms with Crippen molar-refractivity contribution in [3.8, 4) is 0 Å². The van der Waals surface area contributed by atoms with Crippen LogP contribution in [0.15, 0.2) is 28.9 Å². The number of carbonyl (C=O) groups excluding carboxylic acids is 1. The largest absolute Gasteiger partial charge is 0.467 e. The van der Waals surface area contributed by atoms with Crippen LogP contribution in [0.4, 0.5) is 19.0 Å². The first-order valence-electron chi connectivity index (χ1n) is 7.83. The molecule has 2 N–H and O–H groups in total. The van der Waals surface area contributed by atoms with Crippen LogP contribution in [0.2, 0.25) is 0 Å². The van der Waals surface area contributed by atoms with E-state index in [9.17, 15) is 18.0 Å². The summed E-state index contributed by atoms with van der Waals surface area (Å²) in [4.78, 5) is 12.2. The number of rotatable bonds is 2. The Hall–Kier alpha value is -2.45. The SMILES string of the molecule is CC(C)(C)NC(=O)c1cc2n(n1)[C@@H](C(F)(F)F)C[C@@H](c1ccco1)N2. The van der Waals surface area contributed by atoms with E-state index >= 15 is 0 Å². The number of furan rings is 1. The van der Waals surface area contributed by atoms with E-state index in [-0.39, 0.29) is 17.9 Å². The van der Waals surface area contributed by atoms with Crippen LogP contribution in [0, 0.1) is 0 Å². The Labute approximate surface area is 142 Å². The van der Waals surface area contributed by atoms with Crippen molar-refractivity contribution in [1.82, 2.24) is 15.1 Å². The van der Waals surface area contributed by atoms with Crippen LogP contribution >= 0.6 is 0 Å². The summed E-state index contributed by atoms with van der Waals surface area (Å²) in [7, 11) is 0. The molecule has 1 aliphatic heterocycles. The summed E-state index contributed by atoms with van der Waals surface area (Å²) in [6, 6.07) is 2.08. The average molecular weight is 356 g/mol. The van der Waals surface area contributed by atoms with Crippen molar-refractivity contribution >= 4 is 11.7 Å². The van der Waals surface area contributed by atoms with Crippen molar-refractivity contribution in [2.45, 2.75) is 51.0 Å². The van der Waals surface area contributed by atoms with E-state index in [0.29, 0.717) is 5.76 Å². The molecule has 136 valence electrons. The maximum Gasteiger partial charge on any atom is 0.410 e. The van der Waals surface area contributed by atoms with Gasteiger partial charge in [0.2, 0.25) is 0 Å². The van der Waals surface area contributed by atoms with E-state index in [2.05, 4.69) is 15.7 Å². The second kappa shape index (κ2) is 5.82. The van der Waals surface area contributed by atoms with Crippen molar-refractivity contribution in [1.29, 1.82) is 0 Å². The van der Waals surface area contributed by atoms with Gasteiger partial charge in [-0.3, -0.25) is 4.79 Å². The average Bonchev–Trinajstić information content (AvgIpc) is 3.12. The summed E-state index contributed by atoms with van der Waals surface area (Å²) in [5.41, 5.74) is -0.582. The van der Waals surface area contributed by atoms with Gasteiger partial charge in [-0.25, -0.2) is 4.68 Å². The molecule has 0 aliphatic carbocycles. The number of aromatic nitrogens is 2. The second-order valence-electron chi connectivity index (χ2n) is 7.07. The number of nitrogens with one attached hydrogen (secondary N) is 2. The zero-order chi connectivity index (χ0) is 18.4. The predicted molar refractivity (Wildman–Crippen MR) is 84.2 cm³/mol. The number of anilines is 1. The molecule has 0 bridgehead atoms. The van der Waals surface area contributed by atoms with Crippen molar-refractivity contribution < 1.29 is 22.4 Å². The van der Waals surface area contributed by atoms with Crippen LogP contribution < -0.4 is 10.6 Å². The summed E-state index contributed by atoms with van der Waals surface area (Å²) >= 11 is 0. The van der Waals surface area contributed by atoms with Gasteiger partial charge in [0.05, 0.1) is 12.3 Å². The molecule has 0 unspecified atom stereocenters. The number of halogens is 3. The number of fused-ring (bicyclic) bond motifs is 1. The molecule has 2 aromatic heterocycles. The lowest BCUT2D eigenvalue weighted by atomic mass is 10.0. The van der Waals surface area contributed by atoms with E-state index in [1.165, 1.54) is 12.3 Å². The van der Waals surface area contributed by atoms with Crippen molar-refractivity contribution in [3.63, 3.8) is 0 Å². The minimum Gasteiger partial charge on any atom is -0.467 e. The van der Waals surface area contributed by atoms with Crippen LogP contribution in [-0.4, -0.2) is 27.4 Å². The van der Waals surface area contributed by atoms with Gasteiger partial charge in [0, 0.05) is 18.0 Å². The van der Waals surface area contributed by atoms with Crippen molar-refractivity contribution in [2.24, 2.45) is 0 Å².